The number of aliphatic hydroxyl groups excluding tert-OH is 1. The number of anilines is 1. The van der Waals surface area contributed by atoms with Crippen LogP contribution in [0.5, 0.6) is 0 Å². The Hall–Kier alpha value is -3.76. The lowest BCUT2D eigenvalue weighted by atomic mass is 9.93. The van der Waals surface area contributed by atoms with Crippen LogP contribution in [0.1, 0.15) is 42.0 Å². The van der Waals surface area contributed by atoms with Gasteiger partial charge in [0.15, 0.2) is 8.32 Å². The number of rotatable bonds is 10. The lowest BCUT2D eigenvalue weighted by Gasteiger charge is -2.37. The largest absolute Gasteiger partial charge is 0.432 e. The zero-order valence-electron chi connectivity index (χ0n) is 26.9. The van der Waals surface area contributed by atoms with Crippen molar-refractivity contribution in [1.82, 2.24) is 9.88 Å². The minimum Gasteiger partial charge on any atom is -0.432 e. The van der Waals surface area contributed by atoms with Gasteiger partial charge in [0.1, 0.15) is 0 Å². The van der Waals surface area contributed by atoms with Gasteiger partial charge in [0.25, 0.3) is 0 Å². The third-order valence-electron chi connectivity index (χ3n) is 9.96. The number of nitrogens with zero attached hydrogens (tertiary/aromatic N) is 1. The van der Waals surface area contributed by atoms with Gasteiger partial charge in [-0.3, -0.25) is 9.59 Å². The smallest absolute Gasteiger partial charge is 0.228 e. The highest BCUT2D eigenvalue weighted by molar-refractivity contribution is 6.71. The van der Waals surface area contributed by atoms with Crippen molar-refractivity contribution >= 4 is 36.7 Å². The first-order chi connectivity index (χ1) is 22.1. The molecule has 0 radical (unpaired) electrons. The fourth-order valence-corrected chi connectivity index (χ4v) is 10.3. The molecule has 242 valence electrons. The molecule has 8 nitrogen and oxygen atoms in total. The van der Waals surface area contributed by atoms with Crippen molar-refractivity contribution in [3.8, 4) is 0 Å². The third-order valence-corrected chi connectivity index (χ3v) is 12.5. The number of nitrogens with one attached hydrogen (secondary N) is 2. The van der Waals surface area contributed by atoms with Gasteiger partial charge >= 0.3 is 0 Å². The summed E-state index contributed by atoms with van der Waals surface area (Å²) in [6.45, 7) is 6.43. The van der Waals surface area contributed by atoms with Gasteiger partial charge in [-0.1, -0.05) is 61.5 Å². The van der Waals surface area contributed by atoms with E-state index in [-0.39, 0.29) is 54.6 Å². The molecule has 0 saturated carbocycles. The van der Waals surface area contributed by atoms with Crippen LogP contribution in [-0.4, -0.2) is 64.8 Å². The molecule has 9 heteroatoms. The number of aliphatic hydroxyl groups is 1. The van der Waals surface area contributed by atoms with E-state index in [2.05, 4.69) is 23.3 Å². The second-order valence-electron chi connectivity index (χ2n) is 13.6. The lowest BCUT2D eigenvalue weighted by molar-refractivity contribution is -0.138. The van der Waals surface area contributed by atoms with E-state index in [1.165, 1.54) is 5.56 Å². The molecule has 0 unspecified atom stereocenters. The first-order valence-electron chi connectivity index (χ1n) is 16.4. The molecule has 3 heterocycles. The van der Waals surface area contributed by atoms with Crippen LogP contribution in [0.25, 0.3) is 10.9 Å². The van der Waals surface area contributed by atoms with Gasteiger partial charge in [-0.15, -0.1) is 0 Å². The van der Waals surface area contributed by atoms with E-state index in [0.717, 1.165) is 46.1 Å². The standard InChI is InChI=1S/C37H45N3O5Si/c1-24-33(17-14-25-12-15-29(16-13-25)39-35(42)19-28-21-38-32-11-7-6-10-31(28)32)45-34(37(24)46(2,3)44)20-36(43)40-22-27-9-5-4-8-26(27)18-30(40)23-41/h4-13,15-16,21,24,30,33-34,37-38,41,44H,14,17-20,22-23H2,1-3H3,(H,39,42)/t24-,30+,33+,34-,37+/m1/s1. The molecule has 0 bridgehead atoms. The molecular formula is C37H45N3O5Si. The first-order valence-corrected chi connectivity index (χ1v) is 19.4. The summed E-state index contributed by atoms with van der Waals surface area (Å²) in [7, 11) is -2.65. The zero-order chi connectivity index (χ0) is 32.4. The van der Waals surface area contributed by atoms with Crippen LogP contribution in [-0.2, 0) is 40.1 Å². The molecule has 0 spiro atoms. The number of hydrogen-bond donors (Lipinski definition) is 4. The van der Waals surface area contributed by atoms with E-state index in [1.54, 1.807) is 4.90 Å². The van der Waals surface area contributed by atoms with Gasteiger partial charge in [0.2, 0.25) is 11.8 Å². The molecule has 4 aromatic rings. The average Bonchev–Trinajstić information content (AvgIpc) is 3.59. The Morgan fingerprint density at radius 2 is 1.72 bits per heavy atom. The molecule has 1 saturated heterocycles. The summed E-state index contributed by atoms with van der Waals surface area (Å²) in [5, 5.41) is 14.2. The monoisotopic (exact) mass is 639 g/mol. The summed E-state index contributed by atoms with van der Waals surface area (Å²) in [5.74, 6) is 0.0208. The number of ether oxygens (including phenoxy) is 1. The SMILES string of the molecule is C[C@H]1[C@H]([Si](C)(C)O)[C@@H](CC(=O)N2Cc3ccccc3C[C@H]2CO)O[C@H]1CCc1ccc(NC(=O)Cc2c[nH]c3ccccc23)cc1. The fourth-order valence-electron chi connectivity index (χ4n) is 7.66. The van der Waals surface area contributed by atoms with E-state index in [0.29, 0.717) is 19.4 Å². The number of hydrogen-bond acceptors (Lipinski definition) is 5. The maximum atomic E-state index is 13.7. The van der Waals surface area contributed by atoms with Gasteiger partial charge in [-0.05, 0) is 78.7 Å². The van der Waals surface area contributed by atoms with Gasteiger partial charge in [0.05, 0.1) is 37.7 Å². The van der Waals surface area contributed by atoms with E-state index in [4.69, 9.17) is 4.74 Å². The predicted molar refractivity (Wildman–Crippen MR) is 183 cm³/mol. The molecule has 5 atom stereocenters. The molecule has 4 N–H and O–H groups in total. The van der Waals surface area contributed by atoms with Gasteiger partial charge in [-0.2, -0.15) is 0 Å². The number of aryl methyl sites for hydroxylation is 1. The number of para-hydroxylation sites is 1. The zero-order valence-corrected chi connectivity index (χ0v) is 27.9. The van der Waals surface area contributed by atoms with E-state index in [9.17, 15) is 19.5 Å². The number of benzene rings is 3. The number of carbonyl (C=O) groups is 2. The van der Waals surface area contributed by atoms with Gasteiger partial charge < -0.3 is 29.8 Å². The van der Waals surface area contributed by atoms with Crippen molar-refractivity contribution in [3.63, 3.8) is 0 Å². The van der Waals surface area contributed by atoms with Crippen molar-refractivity contribution < 1.29 is 24.2 Å². The Labute approximate surface area is 271 Å². The second-order valence-corrected chi connectivity index (χ2v) is 17.6. The minimum atomic E-state index is -2.65. The van der Waals surface area contributed by atoms with E-state index < -0.39 is 8.32 Å². The van der Waals surface area contributed by atoms with Gasteiger partial charge in [-0.25, -0.2) is 0 Å². The number of aromatic nitrogens is 1. The summed E-state index contributed by atoms with van der Waals surface area (Å²) in [5.41, 5.74) is 6.12. The quantitative estimate of drug-likeness (QED) is 0.169. The summed E-state index contributed by atoms with van der Waals surface area (Å²) in [4.78, 5) is 42.8. The highest BCUT2D eigenvalue weighted by Gasteiger charge is 2.50. The second kappa shape index (κ2) is 13.5. The van der Waals surface area contributed by atoms with Crippen molar-refractivity contribution in [2.75, 3.05) is 11.9 Å². The average molecular weight is 640 g/mol. The van der Waals surface area contributed by atoms with E-state index >= 15 is 0 Å². The number of H-pyrrole nitrogens is 1. The van der Waals surface area contributed by atoms with Crippen LogP contribution in [0.15, 0.2) is 79.0 Å². The summed E-state index contributed by atoms with van der Waals surface area (Å²) >= 11 is 0. The van der Waals surface area contributed by atoms with Gasteiger partial charge in [0, 0.05) is 34.9 Å². The molecular weight excluding hydrogens is 595 g/mol. The molecule has 2 amide bonds. The highest BCUT2D eigenvalue weighted by Crippen LogP contribution is 2.46. The molecule has 1 fully saturated rings. The van der Waals surface area contributed by atoms with Crippen molar-refractivity contribution in [1.29, 1.82) is 0 Å². The Kier molecular flexibility index (Phi) is 9.47. The summed E-state index contributed by atoms with van der Waals surface area (Å²) in [6.07, 6.45) is 4.16. The van der Waals surface area contributed by atoms with Crippen LogP contribution in [0.4, 0.5) is 5.69 Å². The predicted octanol–water partition coefficient (Wildman–Crippen LogP) is 5.59. The Bertz CT molecular complexity index is 1680. The summed E-state index contributed by atoms with van der Waals surface area (Å²) in [6, 6.07) is 23.7. The third kappa shape index (κ3) is 6.98. The van der Waals surface area contributed by atoms with Crippen molar-refractivity contribution in [2.24, 2.45) is 5.92 Å². The molecule has 3 aromatic carbocycles. The normalized spacial score (nSPS) is 23.0. The Morgan fingerprint density at radius 1 is 1.00 bits per heavy atom. The van der Waals surface area contributed by atoms with Crippen molar-refractivity contribution in [2.45, 2.75) is 82.5 Å². The number of fused-ring (bicyclic) bond motifs is 2. The number of aromatic amines is 1. The van der Waals surface area contributed by atoms with Crippen LogP contribution in [0.3, 0.4) is 0 Å². The van der Waals surface area contributed by atoms with Crippen molar-refractivity contribution in [3.05, 3.63) is 101 Å². The molecule has 1 aromatic heterocycles. The number of carbonyl (C=O) groups excluding carboxylic acids is 2. The summed E-state index contributed by atoms with van der Waals surface area (Å²) < 4.78 is 6.60. The molecule has 6 rings (SSSR count). The van der Waals surface area contributed by atoms with Crippen LogP contribution in [0, 0.1) is 5.92 Å². The molecule has 2 aliphatic heterocycles. The number of amides is 2. The van der Waals surface area contributed by atoms with Crippen LogP contribution in [0.2, 0.25) is 18.6 Å². The topological polar surface area (TPSA) is 115 Å². The Morgan fingerprint density at radius 3 is 2.46 bits per heavy atom. The van der Waals surface area contributed by atoms with Crippen LogP contribution >= 0.6 is 0 Å². The van der Waals surface area contributed by atoms with E-state index in [1.807, 2.05) is 86.0 Å². The minimum absolute atomic E-state index is 0.0306. The maximum absolute atomic E-state index is 13.7. The first kappa shape index (κ1) is 32.2. The molecule has 0 aliphatic carbocycles. The molecule has 46 heavy (non-hydrogen) atoms. The fraction of sp³-hybridized carbons (Fsp3) is 0.405. The maximum Gasteiger partial charge on any atom is 0.228 e. The Balaban J connectivity index is 1.05. The molecule has 2 aliphatic rings. The lowest BCUT2D eigenvalue weighted by Crippen LogP contribution is -2.48. The highest BCUT2D eigenvalue weighted by atomic mass is 28.4. The van der Waals surface area contributed by atoms with Crippen LogP contribution < -0.4 is 5.32 Å².